The molecule has 2 N–H and O–H groups in total. The number of nitrogens with zero attached hydrogens (tertiary/aromatic N) is 1. The minimum absolute atomic E-state index is 0.0646. The number of hydrogen-bond acceptors (Lipinski definition) is 4. The number of amides is 2. The number of fused-ring (bicyclic) bond motifs is 3. The van der Waals surface area contributed by atoms with Gasteiger partial charge in [-0.25, -0.2) is 4.79 Å². The SMILES string of the molecule is CCC(C)(NC(=O)OCC1c2ccccc2-c2ccccc21)C(=O)N1CCC[C@H]1CC(=O)O. The van der Waals surface area contributed by atoms with Crippen LogP contribution in [0.15, 0.2) is 48.5 Å². The molecular formula is C26H30N2O5. The summed E-state index contributed by atoms with van der Waals surface area (Å²) in [4.78, 5) is 38.8. The van der Waals surface area contributed by atoms with E-state index in [1.807, 2.05) is 31.2 Å². The summed E-state index contributed by atoms with van der Waals surface area (Å²) in [5.74, 6) is -1.25. The molecule has 33 heavy (non-hydrogen) atoms. The van der Waals surface area contributed by atoms with E-state index in [1.54, 1.807) is 11.8 Å². The van der Waals surface area contributed by atoms with Crippen LogP contribution < -0.4 is 5.32 Å². The highest BCUT2D eigenvalue weighted by Crippen LogP contribution is 2.44. The third-order valence-corrected chi connectivity index (χ3v) is 6.95. The van der Waals surface area contributed by atoms with Crippen LogP contribution in [0.1, 0.15) is 56.6 Å². The molecule has 0 aromatic heterocycles. The normalized spacial score (nSPS) is 18.8. The molecule has 1 saturated heterocycles. The van der Waals surface area contributed by atoms with Gasteiger partial charge in [0.1, 0.15) is 12.1 Å². The molecule has 1 fully saturated rings. The lowest BCUT2D eigenvalue weighted by Gasteiger charge is -2.35. The number of carbonyl (C=O) groups excluding carboxylic acids is 2. The lowest BCUT2D eigenvalue weighted by atomic mass is 9.96. The standard InChI is InChI=1S/C26H30N2O5/c1-3-26(2,24(31)28-14-8-9-17(28)15-23(29)30)27-25(32)33-16-22-20-12-6-4-10-18(20)19-11-5-7-13-21(19)22/h4-7,10-13,17,22H,3,8-9,14-16H2,1-2H3,(H,27,32)(H,29,30)/t17-,26?/m0/s1. The Morgan fingerprint density at radius 2 is 1.70 bits per heavy atom. The molecule has 1 heterocycles. The van der Waals surface area contributed by atoms with Gasteiger partial charge in [-0.1, -0.05) is 55.5 Å². The molecule has 7 heteroatoms. The molecule has 0 saturated carbocycles. The summed E-state index contributed by atoms with van der Waals surface area (Å²) in [5.41, 5.74) is 3.37. The molecule has 4 rings (SSSR count). The zero-order chi connectivity index (χ0) is 23.6. The molecule has 1 unspecified atom stereocenters. The number of aliphatic carboxylic acids is 1. The third-order valence-electron chi connectivity index (χ3n) is 6.95. The predicted molar refractivity (Wildman–Crippen MR) is 124 cm³/mol. The average Bonchev–Trinajstić information content (AvgIpc) is 3.39. The topological polar surface area (TPSA) is 95.9 Å². The number of likely N-dealkylation sites (tertiary alicyclic amines) is 1. The van der Waals surface area contributed by atoms with Gasteiger partial charge in [0.25, 0.3) is 0 Å². The summed E-state index contributed by atoms with van der Waals surface area (Å²) in [7, 11) is 0. The Hall–Kier alpha value is -3.35. The minimum atomic E-state index is -1.16. The van der Waals surface area contributed by atoms with Crippen LogP contribution in [0.25, 0.3) is 11.1 Å². The number of ether oxygens (including phenoxy) is 1. The van der Waals surface area contributed by atoms with Gasteiger partial charge < -0.3 is 20.1 Å². The number of nitrogens with one attached hydrogen (secondary N) is 1. The Labute approximate surface area is 193 Å². The second-order valence-electron chi connectivity index (χ2n) is 9.03. The Morgan fingerprint density at radius 3 is 2.27 bits per heavy atom. The number of carbonyl (C=O) groups is 3. The number of hydrogen-bond donors (Lipinski definition) is 2. The van der Waals surface area contributed by atoms with E-state index in [-0.39, 0.29) is 30.9 Å². The van der Waals surface area contributed by atoms with Crippen molar-refractivity contribution in [2.75, 3.05) is 13.2 Å². The lowest BCUT2D eigenvalue weighted by molar-refractivity contribution is -0.142. The van der Waals surface area contributed by atoms with Crippen molar-refractivity contribution in [3.63, 3.8) is 0 Å². The molecule has 0 spiro atoms. The third kappa shape index (κ3) is 4.45. The molecule has 174 valence electrons. The van der Waals surface area contributed by atoms with Crippen LogP contribution in [-0.2, 0) is 14.3 Å². The van der Waals surface area contributed by atoms with Crippen molar-refractivity contribution < 1.29 is 24.2 Å². The molecule has 2 amide bonds. The lowest BCUT2D eigenvalue weighted by Crippen LogP contribution is -2.58. The molecule has 2 aromatic rings. The highest BCUT2D eigenvalue weighted by molar-refractivity contribution is 5.90. The van der Waals surface area contributed by atoms with Crippen molar-refractivity contribution in [3.05, 3.63) is 59.7 Å². The van der Waals surface area contributed by atoms with Crippen LogP contribution in [0.2, 0.25) is 0 Å². The fourth-order valence-corrected chi connectivity index (χ4v) is 4.99. The molecule has 1 aliphatic heterocycles. The summed E-state index contributed by atoms with van der Waals surface area (Å²) in [6, 6.07) is 15.9. The first-order chi connectivity index (χ1) is 15.8. The average molecular weight is 451 g/mol. The van der Waals surface area contributed by atoms with Crippen LogP contribution in [0, 0.1) is 0 Å². The summed E-state index contributed by atoms with van der Waals surface area (Å²) in [6.45, 7) is 4.16. The highest BCUT2D eigenvalue weighted by atomic mass is 16.5. The monoisotopic (exact) mass is 450 g/mol. The Bertz CT molecular complexity index is 1020. The summed E-state index contributed by atoms with van der Waals surface area (Å²) in [6.07, 6.45) is 1.04. The van der Waals surface area contributed by atoms with E-state index < -0.39 is 17.6 Å². The Morgan fingerprint density at radius 1 is 1.09 bits per heavy atom. The molecule has 1 aliphatic carbocycles. The van der Waals surface area contributed by atoms with Crippen molar-refractivity contribution in [1.82, 2.24) is 10.2 Å². The van der Waals surface area contributed by atoms with Crippen LogP contribution in [0.5, 0.6) is 0 Å². The van der Waals surface area contributed by atoms with E-state index in [4.69, 9.17) is 9.84 Å². The number of carboxylic acids is 1. The van der Waals surface area contributed by atoms with Gasteiger partial charge in [0.2, 0.25) is 5.91 Å². The minimum Gasteiger partial charge on any atom is -0.481 e. The first-order valence-corrected chi connectivity index (χ1v) is 11.5. The summed E-state index contributed by atoms with van der Waals surface area (Å²) >= 11 is 0. The van der Waals surface area contributed by atoms with Crippen molar-refractivity contribution in [3.8, 4) is 11.1 Å². The predicted octanol–water partition coefficient (Wildman–Crippen LogP) is 4.16. The Kier molecular flexibility index (Phi) is 6.40. The molecule has 0 bridgehead atoms. The zero-order valence-corrected chi connectivity index (χ0v) is 19.0. The molecule has 0 radical (unpaired) electrons. The van der Waals surface area contributed by atoms with Crippen molar-refractivity contribution in [2.24, 2.45) is 0 Å². The largest absolute Gasteiger partial charge is 0.481 e. The van der Waals surface area contributed by atoms with Crippen molar-refractivity contribution >= 4 is 18.0 Å². The number of benzene rings is 2. The second kappa shape index (κ2) is 9.25. The second-order valence-corrected chi connectivity index (χ2v) is 9.03. The van der Waals surface area contributed by atoms with Gasteiger partial charge in [0, 0.05) is 18.5 Å². The van der Waals surface area contributed by atoms with E-state index in [0.29, 0.717) is 19.4 Å². The fraction of sp³-hybridized carbons (Fsp3) is 0.423. The fourth-order valence-electron chi connectivity index (χ4n) is 4.99. The van der Waals surface area contributed by atoms with E-state index >= 15 is 0 Å². The van der Waals surface area contributed by atoms with Crippen LogP contribution in [0.4, 0.5) is 4.79 Å². The zero-order valence-electron chi connectivity index (χ0n) is 19.0. The van der Waals surface area contributed by atoms with E-state index in [1.165, 1.54) is 0 Å². The van der Waals surface area contributed by atoms with Gasteiger partial charge in [0.05, 0.1) is 6.42 Å². The maximum absolute atomic E-state index is 13.3. The van der Waals surface area contributed by atoms with E-state index in [2.05, 4.69) is 29.6 Å². The maximum atomic E-state index is 13.3. The molecule has 2 aliphatic rings. The molecular weight excluding hydrogens is 420 g/mol. The molecule has 7 nitrogen and oxygen atoms in total. The Balaban J connectivity index is 1.44. The molecule has 2 atom stereocenters. The first-order valence-electron chi connectivity index (χ1n) is 11.5. The number of rotatable bonds is 7. The van der Waals surface area contributed by atoms with Crippen molar-refractivity contribution in [2.45, 2.75) is 57.0 Å². The van der Waals surface area contributed by atoms with Gasteiger partial charge in [-0.2, -0.15) is 0 Å². The smallest absolute Gasteiger partial charge is 0.408 e. The molecule has 2 aromatic carbocycles. The highest BCUT2D eigenvalue weighted by Gasteiger charge is 2.42. The number of carboxylic acid groups (broad SMARTS) is 1. The van der Waals surface area contributed by atoms with Crippen molar-refractivity contribution in [1.29, 1.82) is 0 Å². The van der Waals surface area contributed by atoms with E-state index in [9.17, 15) is 14.4 Å². The van der Waals surface area contributed by atoms with Crippen LogP contribution in [-0.4, -0.2) is 52.7 Å². The van der Waals surface area contributed by atoms with Crippen LogP contribution in [0.3, 0.4) is 0 Å². The van der Waals surface area contributed by atoms with Gasteiger partial charge >= 0.3 is 12.1 Å². The van der Waals surface area contributed by atoms with Gasteiger partial charge in [-0.3, -0.25) is 9.59 Å². The van der Waals surface area contributed by atoms with Gasteiger partial charge in [-0.15, -0.1) is 0 Å². The maximum Gasteiger partial charge on any atom is 0.408 e. The first kappa shape index (κ1) is 22.8. The number of alkyl carbamates (subject to hydrolysis) is 1. The van der Waals surface area contributed by atoms with Gasteiger partial charge in [-0.05, 0) is 48.4 Å². The summed E-state index contributed by atoms with van der Waals surface area (Å²) < 4.78 is 5.63. The van der Waals surface area contributed by atoms with Crippen LogP contribution >= 0.6 is 0 Å². The van der Waals surface area contributed by atoms with E-state index in [0.717, 1.165) is 28.7 Å². The summed E-state index contributed by atoms with van der Waals surface area (Å²) in [5, 5.41) is 11.9. The quantitative estimate of drug-likeness (QED) is 0.660. The van der Waals surface area contributed by atoms with Gasteiger partial charge in [0.15, 0.2) is 0 Å².